The first-order chi connectivity index (χ1) is 15.7. The molecule has 6 rings (SSSR count). The summed E-state index contributed by atoms with van der Waals surface area (Å²) in [7, 11) is 0. The summed E-state index contributed by atoms with van der Waals surface area (Å²) in [5, 5.41) is 13.2. The number of hydrogen-bond donors (Lipinski definition) is 2. The molecule has 4 aromatic heterocycles. The highest BCUT2D eigenvalue weighted by Crippen LogP contribution is 2.37. The normalized spacial score (nSPS) is 22.4. The molecular weight excluding hydrogens is 424 g/mol. The number of hydrogen-bond acceptors (Lipinski definition) is 8. The quantitative estimate of drug-likeness (QED) is 0.494. The summed E-state index contributed by atoms with van der Waals surface area (Å²) in [6, 6.07) is 2.30. The van der Waals surface area contributed by atoms with Gasteiger partial charge in [0.15, 0.2) is 11.6 Å². The first-order valence-corrected chi connectivity index (χ1v) is 12.0. The van der Waals surface area contributed by atoms with Gasteiger partial charge in [-0.15, -0.1) is 11.3 Å². The number of pyridine rings is 1. The van der Waals surface area contributed by atoms with Crippen LogP contribution in [0.15, 0.2) is 30.0 Å². The second-order valence-corrected chi connectivity index (χ2v) is 9.61. The third-order valence-corrected chi connectivity index (χ3v) is 7.48. The van der Waals surface area contributed by atoms with Crippen molar-refractivity contribution < 1.29 is 9.84 Å². The number of likely N-dealkylation sites (tertiary alicyclic amines) is 1. The molecule has 2 fully saturated rings. The minimum atomic E-state index is -0.230. The van der Waals surface area contributed by atoms with Crippen molar-refractivity contribution in [2.45, 2.75) is 32.0 Å². The molecule has 0 amide bonds. The van der Waals surface area contributed by atoms with Crippen LogP contribution in [0.25, 0.3) is 32.5 Å². The van der Waals surface area contributed by atoms with Crippen LogP contribution in [0.3, 0.4) is 0 Å². The smallest absolute Gasteiger partial charge is 0.164 e. The maximum absolute atomic E-state index is 9.96. The Bertz CT molecular complexity index is 1270. The average molecular weight is 451 g/mol. The van der Waals surface area contributed by atoms with E-state index in [0.29, 0.717) is 19.0 Å². The Hall–Kier alpha value is -2.59. The first kappa shape index (κ1) is 20.0. The summed E-state index contributed by atoms with van der Waals surface area (Å²) >= 11 is 1.71. The van der Waals surface area contributed by atoms with Gasteiger partial charge in [0.1, 0.15) is 0 Å². The average Bonchev–Trinajstić information content (AvgIpc) is 3.54. The molecule has 2 saturated heterocycles. The molecule has 0 aromatic carbocycles. The molecule has 0 bridgehead atoms. The van der Waals surface area contributed by atoms with E-state index in [1.807, 2.05) is 18.6 Å². The van der Waals surface area contributed by atoms with E-state index in [1.54, 1.807) is 11.3 Å². The Morgan fingerprint density at radius 1 is 1.28 bits per heavy atom. The van der Waals surface area contributed by atoms with Gasteiger partial charge < -0.3 is 19.7 Å². The van der Waals surface area contributed by atoms with E-state index in [2.05, 4.69) is 38.1 Å². The van der Waals surface area contributed by atoms with Gasteiger partial charge in [-0.3, -0.25) is 9.88 Å². The number of anilines is 1. The lowest BCUT2D eigenvalue weighted by molar-refractivity contribution is 0.0987. The lowest BCUT2D eigenvalue weighted by Gasteiger charge is -2.34. The minimum absolute atomic E-state index is 0.230. The molecule has 0 radical (unpaired) electrons. The molecule has 0 saturated carbocycles. The van der Waals surface area contributed by atoms with Gasteiger partial charge in [-0.2, -0.15) is 0 Å². The van der Waals surface area contributed by atoms with Crippen molar-refractivity contribution >= 4 is 38.3 Å². The highest BCUT2D eigenvalue weighted by atomic mass is 32.1. The van der Waals surface area contributed by atoms with E-state index in [0.717, 1.165) is 65.1 Å². The number of ether oxygens (including phenoxy) is 1. The molecule has 2 N–H and O–H groups in total. The van der Waals surface area contributed by atoms with Crippen molar-refractivity contribution in [1.82, 2.24) is 24.8 Å². The number of thiophene rings is 1. The topological polar surface area (TPSA) is 90.4 Å². The van der Waals surface area contributed by atoms with Crippen LogP contribution in [-0.2, 0) is 11.3 Å². The molecule has 8 nitrogen and oxygen atoms in total. The summed E-state index contributed by atoms with van der Waals surface area (Å²) in [5.74, 6) is 1.68. The van der Waals surface area contributed by atoms with E-state index in [1.165, 1.54) is 5.56 Å². The fourth-order valence-corrected chi connectivity index (χ4v) is 5.78. The Balaban J connectivity index is 1.51. The van der Waals surface area contributed by atoms with E-state index >= 15 is 0 Å². The first-order valence-electron chi connectivity index (χ1n) is 11.1. The van der Waals surface area contributed by atoms with Crippen LogP contribution < -0.4 is 4.90 Å². The third-order valence-electron chi connectivity index (χ3n) is 6.47. The van der Waals surface area contributed by atoms with Gasteiger partial charge in [0.05, 0.1) is 47.3 Å². The fraction of sp³-hybridized carbons (Fsp3) is 0.435. The van der Waals surface area contributed by atoms with Crippen molar-refractivity contribution in [3.8, 4) is 11.4 Å². The van der Waals surface area contributed by atoms with Crippen molar-refractivity contribution in [2.75, 3.05) is 37.7 Å². The molecule has 6 heterocycles. The van der Waals surface area contributed by atoms with Crippen LogP contribution in [0, 0.1) is 0 Å². The van der Waals surface area contributed by atoms with Gasteiger partial charge in [0, 0.05) is 55.1 Å². The standard InChI is InChI=1S/C23H26N6O2S/c1-14-12-31-7-6-29(14)23-21-20(15(13-32-21)10-28-5-3-16(30)11-28)26-22(27-23)18-8-24-9-19-17(18)2-4-25-19/h2,4,8-9,13-14,16,25,30H,3,5-7,10-12H2,1H3/t14-,16+/m1/s1. The Morgan fingerprint density at radius 3 is 3.06 bits per heavy atom. The molecule has 2 aliphatic heterocycles. The molecule has 166 valence electrons. The summed E-state index contributed by atoms with van der Waals surface area (Å²) in [6.07, 6.45) is 6.21. The van der Waals surface area contributed by atoms with Gasteiger partial charge in [0.2, 0.25) is 0 Å². The summed E-state index contributed by atoms with van der Waals surface area (Å²) < 4.78 is 6.80. The lowest BCUT2D eigenvalue weighted by atomic mass is 10.1. The monoisotopic (exact) mass is 450 g/mol. The summed E-state index contributed by atoms with van der Waals surface area (Å²) in [6.45, 7) is 6.81. The van der Waals surface area contributed by atoms with Crippen molar-refractivity contribution in [3.05, 3.63) is 35.6 Å². The maximum atomic E-state index is 9.96. The van der Waals surface area contributed by atoms with Gasteiger partial charge in [-0.1, -0.05) is 0 Å². The number of aliphatic hydroxyl groups is 1. The highest BCUT2D eigenvalue weighted by Gasteiger charge is 2.27. The van der Waals surface area contributed by atoms with Crippen molar-refractivity contribution in [3.63, 3.8) is 0 Å². The van der Waals surface area contributed by atoms with Gasteiger partial charge >= 0.3 is 0 Å². The van der Waals surface area contributed by atoms with Gasteiger partial charge in [-0.25, -0.2) is 9.97 Å². The molecule has 9 heteroatoms. The molecule has 4 aromatic rings. The molecule has 32 heavy (non-hydrogen) atoms. The van der Waals surface area contributed by atoms with Crippen molar-refractivity contribution in [1.29, 1.82) is 0 Å². The van der Waals surface area contributed by atoms with Crippen LogP contribution in [-0.4, -0.2) is 74.9 Å². The Labute approximate surface area is 189 Å². The Morgan fingerprint density at radius 2 is 2.22 bits per heavy atom. The van der Waals surface area contributed by atoms with Crippen molar-refractivity contribution in [2.24, 2.45) is 0 Å². The van der Waals surface area contributed by atoms with E-state index in [-0.39, 0.29) is 12.1 Å². The number of nitrogens with one attached hydrogen (secondary N) is 1. The third kappa shape index (κ3) is 3.45. The number of aromatic nitrogens is 4. The second kappa shape index (κ2) is 8.08. The van der Waals surface area contributed by atoms with Crippen LogP contribution >= 0.6 is 11.3 Å². The SMILES string of the molecule is C[C@@H]1COCCN1c1nc(-c2cncc3[nH]ccc23)nc2c(CN3CC[C@H](O)C3)csc12. The zero-order valence-corrected chi connectivity index (χ0v) is 18.8. The fourth-order valence-electron chi connectivity index (χ4n) is 4.77. The van der Waals surface area contributed by atoms with Crippen LogP contribution in [0.1, 0.15) is 18.9 Å². The number of fused-ring (bicyclic) bond motifs is 2. The highest BCUT2D eigenvalue weighted by molar-refractivity contribution is 7.18. The second-order valence-electron chi connectivity index (χ2n) is 8.73. The summed E-state index contributed by atoms with van der Waals surface area (Å²) in [5.41, 5.74) is 4.10. The maximum Gasteiger partial charge on any atom is 0.164 e. The zero-order valence-electron chi connectivity index (χ0n) is 18.0. The molecule has 0 aliphatic carbocycles. The lowest BCUT2D eigenvalue weighted by Crippen LogP contribution is -2.44. The van der Waals surface area contributed by atoms with Crippen LogP contribution in [0.2, 0.25) is 0 Å². The molecule has 2 atom stereocenters. The van der Waals surface area contributed by atoms with Gasteiger partial charge in [-0.05, 0) is 24.8 Å². The molecule has 2 aliphatic rings. The Kier molecular flexibility index (Phi) is 5.06. The van der Waals surface area contributed by atoms with Gasteiger partial charge in [0.25, 0.3) is 0 Å². The van der Waals surface area contributed by atoms with E-state index in [4.69, 9.17) is 14.7 Å². The van der Waals surface area contributed by atoms with Crippen LogP contribution in [0.4, 0.5) is 5.82 Å². The number of aromatic amines is 1. The number of β-amino-alcohol motifs (C(OH)–C–C–N with tert-alkyl or cyclic N) is 1. The summed E-state index contributed by atoms with van der Waals surface area (Å²) in [4.78, 5) is 22.5. The molecule has 0 unspecified atom stereocenters. The minimum Gasteiger partial charge on any atom is -0.392 e. The molecule has 0 spiro atoms. The number of H-pyrrole nitrogens is 1. The number of nitrogens with zero attached hydrogens (tertiary/aromatic N) is 5. The largest absolute Gasteiger partial charge is 0.392 e. The number of morpholine rings is 1. The van der Waals surface area contributed by atoms with Crippen LogP contribution in [0.5, 0.6) is 0 Å². The number of rotatable bonds is 4. The van der Waals surface area contributed by atoms with E-state index < -0.39 is 0 Å². The molecular formula is C23H26N6O2S. The predicted molar refractivity (Wildman–Crippen MR) is 126 cm³/mol. The van der Waals surface area contributed by atoms with E-state index in [9.17, 15) is 5.11 Å². The predicted octanol–water partition coefficient (Wildman–Crippen LogP) is 3.03. The zero-order chi connectivity index (χ0) is 21.7. The number of aliphatic hydroxyl groups excluding tert-OH is 1.